The molecule has 1 heterocycles. The monoisotopic (exact) mass is 184 g/mol. The van der Waals surface area contributed by atoms with E-state index in [0.29, 0.717) is 5.75 Å². The zero-order valence-corrected chi connectivity index (χ0v) is 7.42. The summed E-state index contributed by atoms with van der Waals surface area (Å²) in [5.41, 5.74) is 2.94. The minimum atomic E-state index is 0.624. The summed E-state index contributed by atoms with van der Waals surface area (Å²) in [5, 5.41) is 0. The minimum Gasteiger partial charge on any atom is -0.454 e. The van der Waals surface area contributed by atoms with Crippen LogP contribution in [0, 0.1) is 0 Å². The second-order valence-corrected chi connectivity index (χ2v) is 2.60. The quantitative estimate of drug-likeness (QED) is 0.659. The van der Waals surface area contributed by atoms with Gasteiger partial charge >= 0.3 is 0 Å². The lowest BCUT2D eigenvalue weighted by molar-refractivity contribution is 0.440. The lowest BCUT2D eigenvalue weighted by atomic mass is 10.4. The van der Waals surface area contributed by atoms with Crippen molar-refractivity contribution < 1.29 is 4.74 Å². The van der Waals surface area contributed by atoms with E-state index in [0.717, 1.165) is 5.76 Å². The maximum atomic E-state index is 5.49. The Morgan fingerprint density at radius 3 is 2.86 bits per heavy atom. The number of nitrogens with zero attached hydrogens (tertiary/aromatic N) is 2. The van der Waals surface area contributed by atoms with Gasteiger partial charge in [-0.2, -0.15) is 0 Å². The van der Waals surface area contributed by atoms with Gasteiger partial charge in [0.1, 0.15) is 12.1 Å². The highest BCUT2D eigenvalue weighted by Crippen LogP contribution is 2.11. The average Bonchev–Trinajstić information content (AvgIpc) is 2.48. The van der Waals surface area contributed by atoms with Crippen molar-refractivity contribution in [1.82, 2.24) is 9.97 Å². The van der Waals surface area contributed by atoms with E-state index in [9.17, 15) is 0 Å². The van der Waals surface area contributed by atoms with E-state index in [1.165, 1.54) is 6.33 Å². The van der Waals surface area contributed by atoms with Crippen molar-refractivity contribution in [2.24, 2.45) is 0 Å². The van der Waals surface area contributed by atoms with Crippen molar-refractivity contribution in [2.75, 3.05) is 0 Å². The van der Waals surface area contributed by atoms with Gasteiger partial charge in [0, 0.05) is 0 Å². The molecule has 14 heavy (non-hydrogen) atoms. The van der Waals surface area contributed by atoms with Gasteiger partial charge in [0.25, 0.3) is 0 Å². The van der Waals surface area contributed by atoms with Gasteiger partial charge in [0.2, 0.25) is 0 Å². The predicted octanol–water partition coefficient (Wildman–Crippen LogP) is 2.02. The zero-order chi connectivity index (χ0) is 9.64. The molecule has 1 aromatic heterocycles. The molecule has 0 amide bonds. The number of ether oxygens (including phenoxy) is 1. The molecule has 0 spiro atoms. The Hall–Kier alpha value is -2.12. The normalized spacial score (nSPS) is 13.6. The summed E-state index contributed by atoms with van der Waals surface area (Å²) in [6, 6.07) is 0. The van der Waals surface area contributed by atoms with Gasteiger partial charge in [0.15, 0.2) is 5.75 Å². The highest BCUT2D eigenvalue weighted by molar-refractivity contribution is 5.28. The Bertz CT molecular complexity index is 426. The van der Waals surface area contributed by atoms with E-state index < -0.39 is 0 Å². The summed E-state index contributed by atoms with van der Waals surface area (Å²) >= 11 is 0. The fourth-order valence-electron chi connectivity index (χ4n) is 0.982. The standard InChI is InChI=1S/C11H8N2O/c1-2-4-6-10(5-3-1)14-11-7-12-9-13-8-11/h1,3-9H. The van der Waals surface area contributed by atoms with Gasteiger partial charge in [-0.3, -0.25) is 0 Å². The molecular weight excluding hydrogens is 176 g/mol. The lowest BCUT2D eigenvalue weighted by Gasteiger charge is -2.03. The van der Waals surface area contributed by atoms with Crippen molar-refractivity contribution in [1.29, 1.82) is 0 Å². The summed E-state index contributed by atoms with van der Waals surface area (Å²) in [4.78, 5) is 7.71. The molecule has 0 bridgehead atoms. The molecule has 68 valence electrons. The van der Waals surface area contributed by atoms with Crippen LogP contribution in [0.15, 0.2) is 60.6 Å². The molecule has 0 saturated carbocycles. The molecule has 0 saturated heterocycles. The second-order valence-electron chi connectivity index (χ2n) is 2.60. The number of aromatic nitrogens is 2. The van der Waals surface area contributed by atoms with Gasteiger partial charge in [-0.25, -0.2) is 9.97 Å². The highest BCUT2D eigenvalue weighted by atomic mass is 16.5. The molecular formula is C11H8N2O. The molecule has 0 atom stereocenters. The summed E-state index contributed by atoms with van der Waals surface area (Å²) in [7, 11) is 0. The first-order valence-electron chi connectivity index (χ1n) is 4.17. The third kappa shape index (κ3) is 2.19. The number of allylic oxidation sites excluding steroid dienone is 4. The van der Waals surface area contributed by atoms with E-state index >= 15 is 0 Å². The lowest BCUT2D eigenvalue weighted by Crippen LogP contribution is -1.92. The van der Waals surface area contributed by atoms with Gasteiger partial charge in [-0.15, -0.1) is 5.73 Å². The molecule has 3 nitrogen and oxygen atoms in total. The van der Waals surface area contributed by atoms with Gasteiger partial charge in [0.05, 0.1) is 12.4 Å². The molecule has 0 fully saturated rings. The van der Waals surface area contributed by atoms with Crippen molar-refractivity contribution in [2.45, 2.75) is 0 Å². The summed E-state index contributed by atoms with van der Waals surface area (Å²) < 4.78 is 5.49. The van der Waals surface area contributed by atoms with E-state index in [2.05, 4.69) is 15.7 Å². The predicted molar refractivity (Wildman–Crippen MR) is 52.5 cm³/mol. The molecule has 0 aromatic carbocycles. The third-order valence-corrected chi connectivity index (χ3v) is 1.57. The SMILES string of the molecule is C1=CC=CC(Oc2cncnc2)=CC=1. The maximum absolute atomic E-state index is 5.49. The van der Waals surface area contributed by atoms with Crippen LogP contribution in [0.4, 0.5) is 0 Å². The molecule has 0 radical (unpaired) electrons. The third-order valence-electron chi connectivity index (χ3n) is 1.57. The van der Waals surface area contributed by atoms with E-state index in [1.54, 1.807) is 18.5 Å². The number of hydrogen-bond acceptors (Lipinski definition) is 3. The first-order valence-corrected chi connectivity index (χ1v) is 4.17. The van der Waals surface area contributed by atoms with E-state index in [1.807, 2.05) is 24.3 Å². The number of hydrogen-bond donors (Lipinski definition) is 0. The topological polar surface area (TPSA) is 35.0 Å². The van der Waals surface area contributed by atoms with Crippen LogP contribution in [0.3, 0.4) is 0 Å². The fourth-order valence-corrected chi connectivity index (χ4v) is 0.982. The van der Waals surface area contributed by atoms with Crippen LogP contribution in [0.5, 0.6) is 5.75 Å². The van der Waals surface area contributed by atoms with Crippen molar-refractivity contribution in [3.8, 4) is 5.75 Å². The van der Waals surface area contributed by atoms with Crippen LogP contribution in [-0.4, -0.2) is 9.97 Å². The largest absolute Gasteiger partial charge is 0.454 e. The van der Waals surface area contributed by atoms with Crippen LogP contribution in [-0.2, 0) is 0 Å². The Morgan fingerprint density at radius 2 is 2.00 bits per heavy atom. The summed E-state index contributed by atoms with van der Waals surface area (Å²) in [6.45, 7) is 0. The molecule has 0 aliphatic heterocycles. The molecule has 1 aliphatic carbocycles. The Balaban J connectivity index is 2.13. The second kappa shape index (κ2) is 4.21. The Labute approximate surface area is 81.8 Å². The first-order chi connectivity index (χ1) is 6.95. The first kappa shape index (κ1) is 8.48. The fraction of sp³-hybridized carbons (Fsp3) is 0. The van der Waals surface area contributed by atoms with Crippen molar-refractivity contribution in [3.63, 3.8) is 0 Å². The van der Waals surface area contributed by atoms with Crippen LogP contribution in [0.25, 0.3) is 0 Å². The van der Waals surface area contributed by atoms with Gasteiger partial charge in [-0.05, 0) is 24.3 Å². The maximum Gasteiger partial charge on any atom is 0.163 e. The van der Waals surface area contributed by atoms with Crippen LogP contribution < -0.4 is 4.74 Å². The van der Waals surface area contributed by atoms with Crippen LogP contribution in [0.2, 0.25) is 0 Å². The number of rotatable bonds is 2. The smallest absolute Gasteiger partial charge is 0.163 e. The average molecular weight is 184 g/mol. The van der Waals surface area contributed by atoms with E-state index in [-0.39, 0.29) is 0 Å². The summed E-state index contributed by atoms with van der Waals surface area (Å²) in [5.74, 6) is 1.36. The van der Waals surface area contributed by atoms with Gasteiger partial charge < -0.3 is 4.74 Å². The van der Waals surface area contributed by atoms with Crippen LogP contribution in [0.1, 0.15) is 0 Å². The van der Waals surface area contributed by atoms with Crippen molar-refractivity contribution >= 4 is 0 Å². The molecule has 1 aromatic rings. The van der Waals surface area contributed by atoms with Gasteiger partial charge in [-0.1, -0.05) is 6.08 Å². The van der Waals surface area contributed by atoms with Crippen molar-refractivity contribution in [3.05, 3.63) is 60.6 Å². The molecule has 0 N–H and O–H groups in total. The highest BCUT2D eigenvalue weighted by Gasteiger charge is 1.96. The van der Waals surface area contributed by atoms with E-state index in [4.69, 9.17) is 4.74 Å². The molecule has 0 unspecified atom stereocenters. The molecule has 2 rings (SSSR count). The molecule has 1 aliphatic rings. The Kier molecular flexibility index (Phi) is 2.55. The molecule has 3 heteroatoms. The van der Waals surface area contributed by atoms with Crippen LogP contribution >= 0.6 is 0 Å². The minimum absolute atomic E-state index is 0.624. The Morgan fingerprint density at radius 1 is 1.14 bits per heavy atom. The summed E-state index contributed by atoms with van der Waals surface area (Å²) in [6.07, 6.45) is 13.8. The zero-order valence-electron chi connectivity index (χ0n) is 7.42.